The third-order valence-electron chi connectivity index (χ3n) is 3.69. The Hall–Kier alpha value is -1.88. The second-order valence-electron chi connectivity index (χ2n) is 5.17. The van der Waals surface area contributed by atoms with Crippen molar-refractivity contribution in [2.45, 2.75) is 26.0 Å². The maximum atomic E-state index is 12.3. The molecule has 0 spiro atoms. The first-order chi connectivity index (χ1) is 9.49. The Labute approximate surface area is 118 Å². The summed E-state index contributed by atoms with van der Waals surface area (Å²) in [6.07, 6.45) is 0.738. The molecular weight excluding hydrogens is 258 g/mol. The van der Waals surface area contributed by atoms with Gasteiger partial charge in [0, 0.05) is 20.2 Å². The molecular formula is C15H19NO4. The standard InChI is InChI=1S/C15H19NO4/c1-10-13(7-8-20-10)14(17)16(2)9-11-3-5-12(6-4-11)15(18)19/h3-6,10,13H,7-9H2,1-2H3,(H,18,19). The lowest BCUT2D eigenvalue weighted by atomic mass is 10.0. The molecule has 1 aromatic carbocycles. The van der Waals surface area contributed by atoms with Gasteiger partial charge in [-0.3, -0.25) is 4.79 Å². The Morgan fingerprint density at radius 1 is 1.35 bits per heavy atom. The van der Waals surface area contributed by atoms with Crippen LogP contribution in [0.3, 0.4) is 0 Å². The summed E-state index contributed by atoms with van der Waals surface area (Å²) in [5, 5.41) is 8.84. The Morgan fingerprint density at radius 2 is 2.00 bits per heavy atom. The molecule has 20 heavy (non-hydrogen) atoms. The van der Waals surface area contributed by atoms with Gasteiger partial charge in [-0.1, -0.05) is 12.1 Å². The fourth-order valence-electron chi connectivity index (χ4n) is 2.44. The second-order valence-corrected chi connectivity index (χ2v) is 5.17. The summed E-state index contributed by atoms with van der Waals surface area (Å²) in [5.41, 5.74) is 1.16. The van der Waals surface area contributed by atoms with Crippen molar-refractivity contribution in [3.05, 3.63) is 35.4 Å². The first kappa shape index (κ1) is 14.5. The van der Waals surface area contributed by atoms with E-state index in [1.165, 1.54) is 0 Å². The number of carboxylic acid groups (broad SMARTS) is 1. The van der Waals surface area contributed by atoms with Crippen LogP contribution in [-0.4, -0.2) is 41.6 Å². The zero-order valence-electron chi connectivity index (χ0n) is 11.7. The first-order valence-corrected chi connectivity index (χ1v) is 6.68. The number of nitrogens with zero attached hydrogens (tertiary/aromatic N) is 1. The molecule has 0 aliphatic carbocycles. The molecule has 0 aromatic heterocycles. The molecule has 1 fully saturated rings. The van der Waals surface area contributed by atoms with E-state index < -0.39 is 5.97 Å². The molecule has 1 aliphatic rings. The number of hydrogen-bond donors (Lipinski definition) is 1. The Balaban J connectivity index is 1.98. The zero-order valence-corrected chi connectivity index (χ0v) is 11.7. The number of carbonyl (C=O) groups excluding carboxylic acids is 1. The molecule has 0 saturated carbocycles. The first-order valence-electron chi connectivity index (χ1n) is 6.68. The molecule has 108 valence electrons. The second kappa shape index (κ2) is 6.05. The molecule has 0 radical (unpaired) electrons. The van der Waals surface area contributed by atoms with Crippen LogP contribution in [0.4, 0.5) is 0 Å². The van der Waals surface area contributed by atoms with Crippen molar-refractivity contribution in [1.29, 1.82) is 0 Å². The molecule has 1 aromatic rings. The lowest BCUT2D eigenvalue weighted by molar-refractivity contribution is -0.136. The number of ether oxygens (including phenoxy) is 1. The lowest BCUT2D eigenvalue weighted by Gasteiger charge is -2.22. The van der Waals surface area contributed by atoms with E-state index in [4.69, 9.17) is 9.84 Å². The SMILES string of the molecule is CC1OCCC1C(=O)N(C)Cc1ccc(C(=O)O)cc1. The van der Waals surface area contributed by atoms with E-state index in [0.29, 0.717) is 13.2 Å². The summed E-state index contributed by atoms with van der Waals surface area (Å²) >= 11 is 0. The summed E-state index contributed by atoms with van der Waals surface area (Å²) in [6.45, 7) is 3.03. The van der Waals surface area contributed by atoms with E-state index in [2.05, 4.69) is 0 Å². The average molecular weight is 277 g/mol. The fraction of sp³-hybridized carbons (Fsp3) is 0.467. The summed E-state index contributed by atoms with van der Waals surface area (Å²) in [5.74, 6) is -0.937. The third-order valence-corrected chi connectivity index (χ3v) is 3.69. The fourth-order valence-corrected chi connectivity index (χ4v) is 2.44. The number of aromatic carboxylic acids is 1. The molecule has 2 rings (SSSR count). The summed E-state index contributed by atoms with van der Waals surface area (Å²) < 4.78 is 5.42. The molecule has 1 N–H and O–H groups in total. The highest BCUT2D eigenvalue weighted by Gasteiger charge is 2.32. The molecule has 5 nitrogen and oxygen atoms in total. The highest BCUT2D eigenvalue weighted by molar-refractivity contribution is 5.87. The molecule has 1 saturated heterocycles. The van der Waals surface area contributed by atoms with Gasteiger partial charge in [-0.25, -0.2) is 4.79 Å². The minimum absolute atomic E-state index is 0.0284. The summed E-state index contributed by atoms with van der Waals surface area (Å²) in [7, 11) is 1.76. The van der Waals surface area contributed by atoms with Crippen LogP contribution in [-0.2, 0) is 16.1 Å². The van der Waals surface area contributed by atoms with Crippen molar-refractivity contribution in [3.8, 4) is 0 Å². The highest BCUT2D eigenvalue weighted by Crippen LogP contribution is 2.23. The van der Waals surface area contributed by atoms with Crippen molar-refractivity contribution in [1.82, 2.24) is 4.90 Å². The number of carbonyl (C=O) groups is 2. The number of amides is 1. The molecule has 1 amide bonds. The van der Waals surface area contributed by atoms with Gasteiger partial charge in [-0.05, 0) is 31.0 Å². The van der Waals surface area contributed by atoms with Crippen LogP contribution >= 0.6 is 0 Å². The van der Waals surface area contributed by atoms with Crippen molar-refractivity contribution in [3.63, 3.8) is 0 Å². The number of hydrogen-bond acceptors (Lipinski definition) is 3. The monoisotopic (exact) mass is 277 g/mol. The maximum absolute atomic E-state index is 12.3. The minimum atomic E-state index is -0.946. The molecule has 2 atom stereocenters. The summed E-state index contributed by atoms with van der Waals surface area (Å²) in [6, 6.07) is 6.58. The van der Waals surface area contributed by atoms with Crippen molar-refractivity contribution in [2.75, 3.05) is 13.7 Å². The van der Waals surface area contributed by atoms with Gasteiger partial charge in [0.05, 0.1) is 17.6 Å². The van der Waals surface area contributed by atoms with E-state index in [9.17, 15) is 9.59 Å². The van der Waals surface area contributed by atoms with E-state index in [0.717, 1.165) is 12.0 Å². The van der Waals surface area contributed by atoms with Crippen LogP contribution in [0.5, 0.6) is 0 Å². The van der Waals surface area contributed by atoms with Gasteiger partial charge in [0.2, 0.25) is 5.91 Å². The average Bonchev–Trinajstić information content (AvgIpc) is 2.84. The van der Waals surface area contributed by atoms with Crippen LogP contribution in [0.2, 0.25) is 0 Å². The van der Waals surface area contributed by atoms with Crippen molar-refractivity contribution in [2.24, 2.45) is 5.92 Å². The Kier molecular flexibility index (Phi) is 4.39. The molecule has 1 heterocycles. The van der Waals surface area contributed by atoms with Gasteiger partial charge in [0.1, 0.15) is 0 Å². The number of rotatable bonds is 4. The van der Waals surface area contributed by atoms with Gasteiger partial charge in [0.15, 0.2) is 0 Å². The van der Waals surface area contributed by atoms with Crippen LogP contribution in [0.15, 0.2) is 24.3 Å². The molecule has 0 bridgehead atoms. The Bertz CT molecular complexity index is 497. The van der Waals surface area contributed by atoms with E-state index in [1.54, 1.807) is 36.2 Å². The highest BCUT2D eigenvalue weighted by atomic mass is 16.5. The quantitative estimate of drug-likeness (QED) is 0.910. The molecule has 5 heteroatoms. The Morgan fingerprint density at radius 3 is 2.50 bits per heavy atom. The van der Waals surface area contributed by atoms with Gasteiger partial charge in [-0.2, -0.15) is 0 Å². The maximum Gasteiger partial charge on any atom is 0.335 e. The zero-order chi connectivity index (χ0) is 14.7. The van der Waals surface area contributed by atoms with E-state index in [-0.39, 0.29) is 23.5 Å². The lowest BCUT2D eigenvalue weighted by Crippen LogP contribution is -2.35. The van der Waals surface area contributed by atoms with Crippen molar-refractivity contribution >= 4 is 11.9 Å². The van der Waals surface area contributed by atoms with Crippen molar-refractivity contribution < 1.29 is 19.4 Å². The predicted octanol–water partition coefficient (Wildman–Crippen LogP) is 1.77. The number of benzene rings is 1. The smallest absolute Gasteiger partial charge is 0.335 e. The van der Waals surface area contributed by atoms with Gasteiger partial charge >= 0.3 is 5.97 Å². The third kappa shape index (κ3) is 3.17. The van der Waals surface area contributed by atoms with Gasteiger partial charge < -0.3 is 14.7 Å². The van der Waals surface area contributed by atoms with Crippen LogP contribution in [0, 0.1) is 5.92 Å². The van der Waals surface area contributed by atoms with Crippen LogP contribution in [0.25, 0.3) is 0 Å². The van der Waals surface area contributed by atoms with E-state index >= 15 is 0 Å². The predicted molar refractivity (Wildman–Crippen MR) is 73.4 cm³/mol. The van der Waals surface area contributed by atoms with Crippen LogP contribution in [0.1, 0.15) is 29.3 Å². The van der Waals surface area contributed by atoms with Gasteiger partial charge in [0.25, 0.3) is 0 Å². The summed E-state index contributed by atoms with van der Waals surface area (Å²) in [4.78, 5) is 24.7. The molecule has 1 aliphatic heterocycles. The van der Waals surface area contributed by atoms with E-state index in [1.807, 2.05) is 6.92 Å². The van der Waals surface area contributed by atoms with Crippen LogP contribution < -0.4 is 0 Å². The number of carboxylic acids is 1. The normalized spacial score (nSPS) is 21.7. The minimum Gasteiger partial charge on any atom is -0.478 e. The van der Waals surface area contributed by atoms with Gasteiger partial charge in [-0.15, -0.1) is 0 Å². The topological polar surface area (TPSA) is 66.8 Å². The molecule has 2 unspecified atom stereocenters. The largest absolute Gasteiger partial charge is 0.478 e.